The van der Waals surface area contributed by atoms with Crippen molar-refractivity contribution >= 4 is 34.2 Å². The number of nitro benzene ring substituents is 1. The third-order valence-corrected chi connectivity index (χ3v) is 5.67. The second kappa shape index (κ2) is 8.70. The van der Waals surface area contributed by atoms with Crippen molar-refractivity contribution in [2.24, 2.45) is 5.92 Å². The van der Waals surface area contributed by atoms with Crippen LogP contribution < -0.4 is 10.1 Å². The molecule has 1 amide bonds. The van der Waals surface area contributed by atoms with Crippen LogP contribution in [0.3, 0.4) is 0 Å². The number of amides is 1. The molecule has 32 heavy (non-hydrogen) atoms. The lowest BCUT2D eigenvalue weighted by Crippen LogP contribution is -2.21. The molecule has 2 aromatic carbocycles. The first-order valence-electron chi connectivity index (χ1n) is 10.3. The van der Waals surface area contributed by atoms with Crippen LogP contribution >= 0.6 is 0 Å². The fraction of sp³-hybridized carbons (Fsp3) is 0.304. The van der Waals surface area contributed by atoms with Crippen LogP contribution in [0.4, 0.5) is 11.4 Å². The van der Waals surface area contributed by atoms with Crippen LogP contribution in [0.15, 0.2) is 36.4 Å². The number of aromatic nitrogens is 1. The van der Waals surface area contributed by atoms with Crippen LogP contribution in [0, 0.1) is 16.0 Å². The lowest BCUT2D eigenvalue weighted by molar-refractivity contribution is -0.384. The van der Waals surface area contributed by atoms with Crippen LogP contribution in [-0.4, -0.2) is 35.5 Å². The Morgan fingerprint density at radius 2 is 2.06 bits per heavy atom. The number of rotatable bonds is 6. The Morgan fingerprint density at radius 1 is 1.25 bits per heavy atom. The highest BCUT2D eigenvalue weighted by molar-refractivity contribution is 5.99. The number of hydrogen-bond donors (Lipinski definition) is 2. The number of esters is 1. The number of ether oxygens (including phenoxy) is 2. The molecule has 0 saturated carbocycles. The molecule has 166 valence electrons. The Kier molecular flexibility index (Phi) is 5.81. The van der Waals surface area contributed by atoms with Crippen LogP contribution in [0.1, 0.15) is 35.0 Å². The fourth-order valence-corrected chi connectivity index (χ4v) is 4.02. The number of hydrogen-bond acceptors (Lipinski definition) is 6. The van der Waals surface area contributed by atoms with E-state index in [2.05, 4.69) is 17.2 Å². The second-order valence-electron chi connectivity index (χ2n) is 7.96. The summed E-state index contributed by atoms with van der Waals surface area (Å²) in [5.74, 6) is -0.455. The zero-order chi connectivity index (χ0) is 22.8. The molecule has 3 aromatic rings. The van der Waals surface area contributed by atoms with Gasteiger partial charge in [0.15, 0.2) is 6.61 Å². The molecule has 4 rings (SSSR count). The monoisotopic (exact) mass is 437 g/mol. The van der Waals surface area contributed by atoms with Crippen molar-refractivity contribution in [3.05, 3.63) is 63.3 Å². The van der Waals surface area contributed by atoms with E-state index in [-0.39, 0.29) is 17.1 Å². The Morgan fingerprint density at radius 3 is 2.81 bits per heavy atom. The van der Waals surface area contributed by atoms with Crippen molar-refractivity contribution in [3.63, 3.8) is 0 Å². The number of H-pyrrole nitrogens is 1. The van der Waals surface area contributed by atoms with E-state index >= 15 is 0 Å². The van der Waals surface area contributed by atoms with Gasteiger partial charge in [-0.2, -0.15) is 0 Å². The lowest BCUT2D eigenvalue weighted by Gasteiger charge is -2.18. The average molecular weight is 437 g/mol. The quantitative estimate of drug-likeness (QED) is 0.341. The summed E-state index contributed by atoms with van der Waals surface area (Å²) in [6.07, 6.45) is 3.11. The highest BCUT2D eigenvalue weighted by atomic mass is 16.6. The highest BCUT2D eigenvalue weighted by Crippen LogP contribution is 2.32. The van der Waals surface area contributed by atoms with Gasteiger partial charge in [-0.05, 0) is 55.0 Å². The number of fused-ring (bicyclic) bond motifs is 3. The van der Waals surface area contributed by atoms with E-state index < -0.39 is 23.4 Å². The largest absolute Gasteiger partial charge is 0.494 e. The third-order valence-electron chi connectivity index (χ3n) is 5.67. The molecular formula is C23H23N3O6. The number of carbonyl (C=O) groups excluding carboxylic acids is 2. The number of nitro groups is 1. The maximum atomic E-state index is 12.5. The summed E-state index contributed by atoms with van der Waals surface area (Å²) in [7, 11) is 1.34. The van der Waals surface area contributed by atoms with E-state index in [1.165, 1.54) is 36.6 Å². The molecule has 2 N–H and O–H groups in total. The summed E-state index contributed by atoms with van der Waals surface area (Å²) < 4.78 is 10.3. The molecule has 1 aliphatic carbocycles. The van der Waals surface area contributed by atoms with Crippen molar-refractivity contribution in [3.8, 4) is 5.75 Å². The molecule has 9 nitrogen and oxygen atoms in total. The van der Waals surface area contributed by atoms with Gasteiger partial charge in [-0.25, -0.2) is 4.79 Å². The van der Waals surface area contributed by atoms with Gasteiger partial charge in [0.1, 0.15) is 5.75 Å². The standard InChI is InChI=1S/C23H23N3O6/c1-13-3-6-18-16(9-13)17-10-14(4-7-19(17)24-18)23(28)32-12-22(27)25-20-8-5-15(26(29)30)11-21(20)31-2/h4-5,7-8,10-11,13,24H,3,6,9,12H2,1-2H3,(H,25,27). The van der Waals surface area contributed by atoms with Crippen molar-refractivity contribution in [2.75, 3.05) is 19.0 Å². The van der Waals surface area contributed by atoms with Gasteiger partial charge in [0.05, 0.1) is 29.4 Å². The van der Waals surface area contributed by atoms with E-state index in [1.54, 1.807) is 6.07 Å². The number of aromatic amines is 1. The minimum Gasteiger partial charge on any atom is -0.494 e. The van der Waals surface area contributed by atoms with Gasteiger partial charge in [0, 0.05) is 22.7 Å². The van der Waals surface area contributed by atoms with Crippen molar-refractivity contribution < 1.29 is 24.0 Å². The number of benzene rings is 2. The van der Waals surface area contributed by atoms with Crippen LogP contribution in [0.2, 0.25) is 0 Å². The van der Waals surface area contributed by atoms with E-state index in [4.69, 9.17) is 9.47 Å². The van der Waals surface area contributed by atoms with Gasteiger partial charge < -0.3 is 19.8 Å². The Balaban J connectivity index is 1.42. The maximum absolute atomic E-state index is 12.5. The van der Waals surface area contributed by atoms with Gasteiger partial charge in [-0.15, -0.1) is 0 Å². The topological polar surface area (TPSA) is 124 Å². The van der Waals surface area contributed by atoms with Crippen molar-refractivity contribution in [1.82, 2.24) is 4.98 Å². The fourth-order valence-electron chi connectivity index (χ4n) is 4.02. The predicted octanol–water partition coefficient (Wildman–Crippen LogP) is 4.01. The molecule has 1 atom stereocenters. The zero-order valence-electron chi connectivity index (χ0n) is 17.8. The number of nitrogens with zero attached hydrogens (tertiary/aromatic N) is 1. The number of anilines is 1. The first-order valence-corrected chi connectivity index (χ1v) is 10.3. The van der Waals surface area contributed by atoms with E-state index in [0.29, 0.717) is 11.5 Å². The van der Waals surface area contributed by atoms with E-state index in [9.17, 15) is 19.7 Å². The molecular weight excluding hydrogens is 414 g/mol. The average Bonchev–Trinajstić information content (AvgIpc) is 3.14. The summed E-state index contributed by atoms with van der Waals surface area (Å²) >= 11 is 0. The summed E-state index contributed by atoms with van der Waals surface area (Å²) in [5.41, 5.74) is 3.91. The van der Waals surface area contributed by atoms with E-state index in [0.717, 1.165) is 30.2 Å². The van der Waals surface area contributed by atoms with Crippen molar-refractivity contribution in [1.29, 1.82) is 0 Å². The Hall–Kier alpha value is -3.88. The third kappa shape index (κ3) is 4.27. The normalized spacial score (nSPS) is 15.1. The molecule has 0 spiro atoms. The first kappa shape index (κ1) is 21.4. The zero-order valence-corrected chi connectivity index (χ0v) is 17.8. The molecule has 0 bridgehead atoms. The number of non-ortho nitro benzene ring substituents is 1. The van der Waals surface area contributed by atoms with Gasteiger partial charge in [0.2, 0.25) is 0 Å². The predicted molar refractivity (Wildman–Crippen MR) is 118 cm³/mol. The summed E-state index contributed by atoms with van der Waals surface area (Å²) in [4.78, 5) is 38.5. The molecule has 0 radical (unpaired) electrons. The first-order chi connectivity index (χ1) is 15.4. The highest BCUT2D eigenvalue weighted by Gasteiger charge is 2.21. The Bertz CT molecular complexity index is 1220. The molecule has 0 aliphatic heterocycles. The van der Waals surface area contributed by atoms with Crippen molar-refractivity contribution in [2.45, 2.75) is 26.2 Å². The summed E-state index contributed by atoms with van der Waals surface area (Å²) in [5, 5.41) is 14.4. The summed E-state index contributed by atoms with van der Waals surface area (Å²) in [6.45, 7) is 1.72. The molecule has 9 heteroatoms. The number of carbonyl (C=O) groups is 2. The number of methoxy groups -OCH3 is 1. The molecule has 1 aliphatic rings. The SMILES string of the molecule is COc1cc([N+](=O)[O-])ccc1NC(=O)COC(=O)c1ccc2[nH]c3c(c2c1)CC(C)CC3. The maximum Gasteiger partial charge on any atom is 0.338 e. The Labute approximate surface area is 183 Å². The van der Waals surface area contributed by atoms with Crippen LogP contribution in [-0.2, 0) is 22.4 Å². The van der Waals surface area contributed by atoms with Gasteiger partial charge in [-0.1, -0.05) is 6.92 Å². The molecule has 0 saturated heterocycles. The molecule has 1 unspecified atom stereocenters. The van der Waals surface area contributed by atoms with Crippen LogP contribution in [0.25, 0.3) is 10.9 Å². The minimum absolute atomic E-state index is 0.135. The smallest absolute Gasteiger partial charge is 0.338 e. The molecule has 0 fully saturated rings. The second-order valence-corrected chi connectivity index (χ2v) is 7.96. The van der Waals surface area contributed by atoms with Gasteiger partial charge in [0.25, 0.3) is 11.6 Å². The summed E-state index contributed by atoms with van der Waals surface area (Å²) in [6, 6.07) is 9.15. The molecule has 1 heterocycles. The van der Waals surface area contributed by atoms with Gasteiger partial charge >= 0.3 is 5.97 Å². The van der Waals surface area contributed by atoms with Crippen LogP contribution in [0.5, 0.6) is 5.75 Å². The van der Waals surface area contributed by atoms with Gasteiger partial charge in [-0.3, -0.25) is 14.9 Å². The lowest BCUT2D eigenvalue weighted by atomic mass is 9.87. The number of nitrogens with one attached hydrogen (secondary N) is 2. The number of aryl methyl sites for hydroxylation is 1. The van der Waals surface area contributed by atoms with E-state index in [1.807, 2.05) is 12.1 Å². The minimum atomic E-state index is -0.600. The molecule has 1 aromatic heterocycles.